The molecular formula is C14H17BrClNO3. The Morgan fingerprint density at radius 1 is 1.40 bits per heavy atom. The zero-order chi connectivity index (χ0) is 15.3. The van der Waals surface area contributed by atoms with Gasteiger partial charge in [0.05, 0.1) is 5.02 Å². The average molecular weight is 363 g/mol. The lowest BCUT2D eigenvalue weighted by Crippen LogP contribution is -2.37. The van der Waals surface area contributed by atoms with Crippen molar-refractivity contribution in [3.8, 4) is 0 Å². The molecule has 1 rings (SSSR count). The van der Waals surface area contributed by atoms with E-state index in [-0.39, 0.29) is 18.4 Å². The van der Waals surface area contributed by atoms with Crippen molar-refractivity contribution in [3.05, 3.63) is 33.3 Å². The summed E-state index contributed by atoms with van der Waals surface area (Å²) in [7, 11) is 0. The second kappa shape index (κ2) is 7.64. The molecule has 110 valence electrons. The van der Waals surface area contributed by atoms with Gasteiger partial charge in [0.2, 0.25) is 0 Å². The molecule has 0 atom stereocenters. The Labute approximate surface area is 131 Å². The number of hydrogen-bond acceptors (Lipinski definition) is 2. The molecule has 0 spiro atoms. The van der Waals surface area contributed by atoms with Gasteiger partial charge in [0, 0.05) is 29.0 Å². The molecule has 1 aromatic rings. The van der Waals surface area contributed by atoms with Crippen LogP contribution in [0.3, 0.4) is 0 Å². The Kier molecular flexibility index (Phi) is 6.49. The fraction of sp³-hybridized carbons (Fsp3) is 0.429. The highest BCUT2D eigenvalue weighted by molar-refractivity contribution is 9.10. The smallest absolute Gasteiger partial charge is 0.303 e. The van der Waals surface area contributed by atoms with Gasteiger partial charge in [-0.3, -0.25) is 9.59 Å². The summed E-state index contributed by atoms with van der Waals surface area (Å²) in [6.07, 6.45) is 0.487. The third kappa shape index (κ3) is 4.80. The van der Waals surface area contributed by atoms with Crippen molar-refractivity contribution in [3.63, 3.8) is 0 Å². The predicted octanol–water partition coefficient (Wildman–Crippen LogP) is 3.82. The number of carbonyl (C=O) groups excluding carboxylic acids is 1. The molecule has 0 fully saturated rings. The van der Waals surface area contributed by atoms with Crippen LogP contribution in [0, 0.1) is 0 Å². The van der Waals surface area contributed by atoms with Crippen LogP contribution >= 0.6 is 27.5 Å². The first-order valence-electron chi connectivity index (χ1n) is 6.30. The van der Waals surface area contributed by atoms with Gasteiger partial charge in [-0.15, -0.1) is 0 Å². The van der Waals surface area contributed by atoms with Crippen molar-refractivity contribution < 1.29 is 14.7 Å². The Balaban J connectivity index is 2.82. The Bertz CT molecular complexity index is 505. The van der Waals surface area contributed by atoms with Crippen LogP contribution in [0.15, 0.2) is 22.7 Å². The standard InChI is InChI=1S/C14H17BrClNO3/c1-9(2)17(7-3-4-13(18)19)14(20)10-5-6-11(15)12(16)8-10/h5-6,8-9H,3-4,7H2,1-2H3,(H,18,19). The molecule has 1 aromatic carbocycles. The first-order valence-corrected chi connectivity index (χ1v) is 7.48. The van der Waals surface area contributed by atoms with E-state index in [0.29, 0.717) is 23.6 Å². The lowest BCUT2D eigenvalue weighted by atomic mass is 10.1. The molecule has 20 heavy (non-hydrogen) atoms. The van der Waals surface area contributed by atoms with E-state index in [2.05, 4.69) is 15.9 Å². The zero-order valence-corrected chi connectivity index (χ0v) is 13.7. The van der Waals surface area contributed by atoms with Gasteiger partial charge in [-0.2, -0.15) is 0 Å². The fourth-order valence-corrected chi connectivity index (χ4v) is 2.22. The minimum Gasteiger partial charge on any atom is -0.481 e. The number of carbonyl (C=O) groups is 2. The minimum absolute atomic E-state index is 0.00119. The maximum absolute atomic E-state index is 12.4. The number of nitrogens with zero attached hydrogens (tertiary/aromatic N) is 1. The lowest BCUT2D eigenvalue weighted by molar-refractivity contribution is -0.137. The number of carboxylic acid groups (broad SMARTS) is 1. The van der Waals surface area contributed by atoms with Crippen molar-refractivity contribution in [2.45, 2.75) is 32.7 Å². The molecule has 1 N–H and O–H groups in total. The summed E-state index contributed by atoms with van der Waals surface area (Å²) >= 11 is 9.27. The van der Waals surface area contributed by atoms with E-state index in [9.17, 15) is 9.59 Å². The minimum atomic E-state index is -0.854. The van der Waals surface area contributed by atoms with Crippen molar-refractivity contribution in [1.29, 1.82) is 0 Å². The molecule has 0 radical (unpaired) electrons. The van der Waals surface area contributed by atoms with Crippen LogP contribution < -0.4 is 0 Å². The van der Waals surface area contributed by atoms with Crippen LogP contribution in [0.2, 0.25) is 5.02 Å². The molecule has 0 aliphatic carbocycles. The van der Waals surface area contributed by atoms with Crippen molar-refractivity contribution in [1.82, 2.24) is 4.90 Å². The van der Waals surface area contributed by atoms with Gasteiger partial charge in [-0.25, -0.2) is 0 Å². The number of rotatable bonds is 6. The van der Waals surface area contributed by atoms with E-state index in [1.807, 2.05) is 13.8 Å². The number of aliphatic carboxylic acids is 1. The number of benzene rings is 1. The number of halogens is 2. The highest BCUT2D eigenvalue weighted by Gasteiger charge is 2.19. The summed E-state index contributed by atoms with van der Waals surface area (Å²) in [4.78, 5) is 24.6. The summed E-state index contributed by atoms with van der Waals surface area (Å²) in [5, 5.41) is 9.14. The van der Waals surface area contributed by atoms with E-state index in [1.54, 1.807) is 23.1 Å². The van der Waals surface area contributed by atoms with Crippen molar-refractivity contribution in [2.24, 2.45) is 0 Å². The molecule has 0 heterocycles. The Hall–Kier alpha value is -1.07. The third-order valence-corrected chi connectivity index (χ3v) is 4.07. The van der Waals surface area contributed by atoms with Crippen molar-refractivity contribution in [2.75, 3.05) is 6.54 Å². The molecule has 0 bridgehead atoms. The SMILES string of the molecule is CC(C)N(CCCC(=O)O)C(=O)c1ccc(Br)c(Cl)c1. The van der Waals surface area contributed by atoms with Crippen LogP contribution in [0.1, 0.15) is 37.0 Å². The van der Waals surface area contributed by atoms with Crippen LogP contribution in [0.4, 0.5) is 0 Å². The molecule has 0 unspecified atom stereocenters. The van der Waals surface area contributed by atoms with Gasteiger partial charge in [0.15, 0.2) is 0 Å². The zero-order valence-electron chi connectivity index (χ0n) is 11.4. The van der Waals surface area contributed by atoms with Crippen molar-refractivity contribution >= 4 is 39.4 Å². The molecule has 0 aromatic heterocycles. The molecular weight excluding hydrogens is 346 g/mol. The maximum Gasteiger partial charge on any atom is 0.303 e. The maximum atomic E-state index is 12.4. The Morgan fingerprint density at radius 3 is 2.55 bits per heavy atom. The molecule has 6 heteroatoms. The van der Waals surface area contributed by atoms with Gasteiger partial charge in [0.1, 0.15) is 0 Å². The lowest BCUT2D eigenvalue weighted by Gasteiger charge is -2.26. The molecule has 1 amide bonds. The molecule has 4 nitrogen and oxygen atoms in total. The monoisotopic (exact) mass is 361 g/mol. The summed E-state index contributed by atoms with van der Waals surface area (Å²) in [6, 6.07) is 5.04. The first-order chi connectivity index (χ1) is 9.32. The quantitative estimate of drug-likeness (QED) is 0.837. The fourth-order valence-electron chi connectivity index (χ4n) is 1.79. The predicted molar refractivity (Wildman–Crippen MR) is 82.2 cm³/mol. The highest BCUT2D eigenvalue weighted by Crippen LogP contribution is 2.24. The largest absolute Gasteiger partial charge is 0.481 e. The number of carboxylic acids is 1. The van der Waals surface area contributed by atoms with Crippen LogP contribution in [-0.4, -0.2) is 34.5 Å². The molecule has 0 aliphatic rings. The summed E-state index contributed by atoms with van der Waals surface area (Å²) in [5.74, 6) is -0.993. The van der Waals surface area contributed by atoms with Gasteiger partial charge in [0.25, 0.3) is 5.91 Å². The molecule has 0 saturated heterocycles. The van der Waals surface area contributed by atoms with E-state index in [1.165, 1.54) is 0 Å². The van der Waals surface area contributed by atoms with E-state index in [4.69, 9.17) is 16.7 Å². The van der Waals surface area contributed by atoms with E-state index < -0.39 is 5.97 Å². The van der Waals surface area contributed by atoms with E-state index in [0.717, 1.165) is 4.47 Å². The van der Waals surface area contributed by atoms with Crippen LogP contribution in [0.25, 0.3) is 0 Å². The van der Waals surface area contributed by atoms with Gasteiger partial charge < -0.3 is 10.0 Å². The number of hydrogen-bond donors (Lipinski definition) is 1. The normalized spacial score (nSPS) is 10.7. The molecule has 0 saturated carbocycles. The number of amides is 1. The van der Waals surface area contributed by atoms with Gasteiger partial charge in [-0.1, -0.05) is 11.6 Å². The average Bonchev–Trinajstić information content (AvgIpc) is 2.36. The second-order valence-electron chi connectivity index (χ2n) is 4.72. The topological polar surface area (TPSA) is 57.6 Å². The third-order valence-electron chi connectivity index (χ3n) is 2.84. The van der Waals surface area contributed by atoms with Crippen LogP contribution in [0.5, 0.6) is 0 Å². The Morgan fingerprint density at radius 2 is 2.05 bits per heavy atom. The second-order valence-corrected chi connectivity index (χ2v) is 5.98. The summed E-state index contributed by atoms with van der Waals surface area (Å²) in [5.41, 5.74) is 0.502. The van der Waals surface area contributed by atoms with Gasteiger partial charge >= 0.3 is 5.97 Å². The highest BCUT2D eigenvalue weighted by atomic mass is 79.9. The summed E-state index contributed by atoms with van der Waals surface area (Å²) in [6.45, 7) is 4.22. The summed E-state index contributed by atoms with van der Waals surface area (Å²) < 4.78 is 0.734. The first kappa shape index (κ1) is 17.0. The molecule has 0 aliphatic heterocycles. The van der Waals surface area contributed by atoms with Gasteiger partial charge in [-0.05, 0) is 54.4 Å². The van der Waals surface area contributed by atoms with E-state index >= 15 is 0 Å². The van der Waals surface area contributed by atoms with Crippen LogP contribution in [-0.2, 0) is 4.79 Å².